The number of aliphatic hydroxyl groups excluding tert-OH is 1. The summed E-state index contributed by atoms with van der Waals surface area (Å²) in [7, 11) is 0. The highest BCUT2D eigenvalue weighted by atomic mass is 16.4. The highest BCUT2D eigenvalue weighted by Gasteiger charge is 2.31. The van der Waals surface area contributed by atoms with E-state index in [0.717, 1.165) is 0 Å². The molecule has 0 bridgehead atoms. The van der Waals surface area contributed by atoms with Crippen molar-refractivity contribution in [1.29, 1.82) is 0 Å². The van der Waals surface area contributed by atoms with Gasteiger partial charge in [0.05, 0.1) is 12.6 Å². The number of amides is 3. The minimum absolute atomic E-state index is 0.0185. The van der Waals surface area contributed by atoms with E-state index < -0.39 is 54.5 Å². The Morgan fingerprint density at radius 2 is 1.23 bits per heavy atom. The topological polar surface area (TPSA) is 171 Å². The molecule has 3 amide bonds. The predicted octanol–water partition coefficient (Wildman–Crippen LogP) is -0.407. The quantitative estimate of drug-likeness (QED) is 0.231. The number of carboxylic acids is 1. The number of nitrogens with two attached hydrogens (primary N) is 1. The Hall–Kier alpha value is -2.20. The van der Waals surface area contributed by atoms with Gasteiger partial charge in [-0.3, -0.25) is 14.4 Å². The lowest BCUT2D eigenvalue weighted by Crippen LogP contribution is -2.58. The molecule has 0 saturated heterocycles. The molecule has 0 aliphatic carbocycles. The summed E-state index contributed by atoms with van der Waals surface area (Å²) in [6.45, 7) is 10.1. The molecular weight excluding hydrogens is 392 g/mol. The molecule has 174 valence electrons. The molecule has 0 saturated carbocycles. The SMILES string of the molecule is CC(C)CC(N)C(=O)NC(CO)C(=O)NC(CC(C)C)C(=O)NC(C(=O)O)C(C)C. The number of hydrogen-bond acceptors (Lipinski definition) is 6. The number of rotatable bonds is 13. The zero-order chi connectivity index (χ0) is 23.6. The lowest BCUT2D eigenvalue weighted by Gasteiger charge is -2.26. The van der Waals surface area contributed by atoms with E-state index in [2.05, 4.69) is 16.0 Å². The molecule has 10 heteroatoms. The van der Waals surface area contributed by atoms with Crippen LogP contribution in [0.25, 0.3) is 0 Å². The van der Waals surface area contributed by atoms with E-state index in [0.29, 0.717) is 6.42 Å². The molecule has 0 aromatic heterocycles. The Balaban J connectivity index is 5.24. The van der Waals surface area contributed by atoms with Gasteiger partial charge in [0.15, 0.2) is 0 Å². The molecular formula is C20H38N4O6. The van der Waals surface area contributed by atoms with Crippen LogP contribution in [0.3, 0.4) is 0 Å². The smallest absolute Gasteiger partial charge is 0.326 e. The van der Waals surface area contributed by atoms with Crippen LogP contribution in [0, 0.1) is 17.8 Å². The number of carbonyl (C=O) groups is 4. The lowest BCUT2D eigenvalue weighted by atomic mass is 10.00. The van der Waals surface area contributed by atoms with Crippen molar-refractivity contribution >= 4 is 23.7 Å². The predicted molar refractivity (Wildman–Crippen MR) is 112 cm³/mol. The van der Waals surface area contributed by atoms with Gasteiger partial charge >= 0.3 is 5.97 Å². The van der Waals surface area contributed by atoms with Crippen molar-refractivity contribution in [2.24, 2.45) is 23.5 Å². The standard InChI is InChI=1S/C20H38N4O6/c1-10(2)7-13(21)17(26)23-15(9-25)19(28)22-14(8-11(3)4)18(27)24-16(12(5)6)20(29)30/h10-16,25H,7-9,21H2,1-6H3,(H,22,28)(H,23,26)(H,24,27)(H,29,30). The molecule has 0 heterocycles. The summed E-state index contributed by atoms with van der Waals surface area (Å²) < 4.78 is 0. The molecule has 0 rings (SSSR count). The summed E-state index contributed by atoms with van der Waals surface area (Å²) in [5, 5.41) is 26.2. The second-order valence-electron chi connectivity index (χ2n) is 8.74. The maximum absolute atomic E-state index is 12.6. The molecule has 0 aromatic rings. The van der Waals surface area contributed by atoms with Crippen molar-refractivity contribution in [1.82, 2.24) is 16.0 Å². The number of hydrogen-bond donors (Lipinski definition) is 6. The van der Waals surface area contributed by atoms with Crippen molar-refractivity contribution < 1.29 is 29.4 Å². The molecule has 10 nitrogen and oxygen atoms in total. The molecule has 4 unspecified atom stereocenters. The molecule has 0 fully saturated rings. The highest BCUT2D eigenvalue weighted by Crippen LogP contribution is 2.09. The number of nitrogens with one attached hydrogen (secondary N) is 3. The average molecular weight is 431 g/mol. The van der Waals surface area contributed by atoms with E-state index in [4.69, 9.17) is 5.73 Å². The molecule has 0 aliphatic heterocycles. The average Bonchev–Trinajstić information content (AvgIpc) is 2.61. The van der Waals surface area contributed by atoms with Gasteiger partial charge in [0.25, 0.3) is 0 Å². The molecule has 7 N–H and O–H groups in total. The number of carbonyl (C=O) groups excluding carboxylic acids is 3. The first-order valence-corrected chi connectivity index (χ1v) is 10.3. The minimum Gasteiger partial charge on any atom is -0.480 e. The molecule has 0 radical (unpaired) electrons. The van der Waals surface area contributed by atoms with Crippen LogP contribution in [0.5, 0.6) is 0 Å². The van der Waals surface area contributed by atoms with Crippen molar-refractivity contribution in [2.45, 2.75) is 78.6 Å². The van der Waals surface area contributed by atoms with Crippen LogP contribution in [0.2, 0.25) is 0 Å². The molecule has 4 atom stereocenters. The number of aliphatic carboxylic acids is 1. The third-order valence-electron chi connectivity index (χ3n) is 4.45. The fourth-order valence-electron chi connectivity index (χ4n) is 2.83. The third-order valence-corrected chi connectivity index (χ3v) is 4.45. The maximum atomic E-state index is 12.6. The second kappa shape index (κ2) is 13.2. The fourth-order valence-corrected chi connectivity index (χ4v) is 2.83. The van der Waals surface area contributed by atoms with E-state index in [-0.39, 0.29) is 24.2 Å². The fraction of sp³-hybridized carbons (Fsp3) is 0.800. The van der Waals surface area contributed by atoms with Crippen molar-refractivity contribution in [3.8, 4) is 0 Å². The highest BCUT2D eigenvalue weighted by molar-refractivity contribution is 5.94. The van der Waals surface area contributed by atoms with E-state index in [1.54, 1.807) is 13.8 Å². The molecule has 0 aromatic carbocycles. The lowest BCUT2D eigenvalue weighted by molar-refractivity contribution is -0.143. The number of carboxylic acid groups (broad SMARTS) is 1. The van der Waals surface area contributed by atoms with E-state index >= 15 is 0 Å². The first-order chi connectivity index (χ1) is 13.8. The summed E-state index contributed by atoms with van der Waals surface area (Å²) >= 11 is 0. The van der Waals surface area contributed by atoms with E-state index in [1.165, 1.54) is 0 Å². The zero-order valence-corrected chi connectivity index (χ0v) is 18.8. The summed E-state index contributed by atoms with van der Waals surface area (Å²) in [6, 6.07) is -4.23. The molecule has 0 spiro atoms. The van der Waals surface area contributed by atoms with Gasteiger partial charge in [-0.05, 0) is 30.6 Å². The van der Waals surface area contributed by atoms with Crippen LogP contribution in [-0.2, 0) is 19.2 Å². The Morgan fingerprint density at radius 1 is 0.767 bits per heavy atom. The summed E-state index contributed by atoms with van der Waals surface area (Å²) in [5.41, 5.74) is 5.80. The molecule has 30 heavy (non-hydrogen) atoms. The first kappa shape index (κ1) is 27.8. The van der Waals surface area contributed by atoms with Gasteiger partial charge in [-0.1, -0.05) is 41.5 Å². The van der Waals surface area contributed by atoms with Crippen LogP contribution in [-0.4, -0.2) is 64.7 Å². The van der Waals surface area contributed by atoms with Gasteiger partial charge < -0.3 is 31.9 Å². The zero-order valence-electron chi connectivity index (χ0n) is 18.8. The minimum atomic E-state index is -1.28. The van der Waals surface area contributed by atoms with Crippen LogP contribution < -0.4 is 21.7 Å². The van der Waals surface area contributed by atoms with Crippen LogP contribution in [0.1, 0.15) is 54.4 Å². The van der Waals surface area contributed by atoms with Crippen LogP contribution >= 0.6 is 0 Å². The second-order valence-corrected chi connectivity index (χ2v) is 8.74. The van der Waals surface area contributed by atoms with Crippen LogP contribution in [0.15, 0.2) is 0 Å². The van der Waals surface area contributed by atoms with Gasteiger partial charge in [-0.25, -0.2) is 4.79 Å². The first-order valence-electron chi connectivity index (χ1n) is 10.3. The maximum Gasteiger partial charge on any atom is 0.326 e. The van der Waals surface area contributed by atoms with Gasteiger partial charge in [0.2, 0.25) is 17.7 Å². The summed E-state index contributed by atoms with van der Waals surface area (Å²) in [6.07, 6.45) is 0.663. The van der Waals surface area contributed by atoms with Crippen molar-refractivity contribution in [3.05, 3.63) is 0 Å². The monoisotopic (exact) mass is 430 g/mol. The Labute approximate surface area is 178 Å². The van der Waals surface area contributed by atoms with Gasteiger partial charge in [0.1, 0.15) is 18.1 Å². The van der Waals surface area contributed by atoms with Crippen molar-refractivity contribution in [3.63, 3.8) is 0 Å². The van der Waals surface area contributed by atoms with E-state index in [9.17, 15) is 29.4 Å². The molecule has 0 aliphatic rings. The van der Waals surface area contributed by atoms with Gasteiger partial charge in [0, 0.05) is 0 Å². The summed E-state index contributed by atoms with van der Waals surface area (Å²) in [4.78, 5) is 48.8. The Bertz CT molecular complexity index is 594. The summed E-state index contributed by atoms with van der Waals surface area (Å²) in [5.74, 6) is -3.30. The van der Waals surface area contributed by atoms with Gasteiger partial charge in [-0.2, -0.15) is 0 Å². The number of aliphatic hydroxyl groups is 1. The van der Waals surface area contributed by atoms with Gasteiger partial charge in [-0.15, -0.1) is 0 Å². The normalized spacial score (nSPS) is 15.4. The Morgan fingerprint density at radius 3 is 1.63 bits per heavy atom. The third kappa shape index (κ3) is 10.0. The van der Waals surface area contributed by atoms with E-state index in [1.807, 2.05) is 27.7 Å². The largest absolute Gasteiger partial charge is 0.480 e. The van der Waals surface area contributed by atoms with Crippen molar-refractivity contribution in [2.75, 3.05) is 6.61 Å². The Kier molecular flexibility index (Phi) is 12.2. The van der Waals surface area contributed by atoms with Crippen LogP contribution in [0.4, 0.5) is 0 Å².